The first kappa shape index (κ1) is 14.9. The second-order valence-corrected chi connectivity index (χ2v) is 5.81. The molecule has 0 spiro atoms. The fourth-order valence-corrected chi connectivity index (χ4v) is 2.55. The molecule has 20 heavy (non-hydrogen) atoms. The van der Waals surface area contributed by atoms with E-state index in [9.17, 15) is 9.59 Å². The lowest BCUT2D eigenvalue weighted by atomic mass is 9.96. The molecule has 1 saturated heterocycles. The molecule has 0 aromatic heterocycles. The molecule has 5 heteroatoms. The van der Waals surface area contributed by atoms with E-state index in [0.29, 0.717) is 24.4 Å². The maximum Gasteiger partial charge on any atom is 0.252 e. The molecule has 1 aromatic carbocycles. The molecule has 2 rings (SSSR count). The average Bonchev–Trinajstić information content (AvgIpc) is 2.52. The van der Waals surface area contributed by atoms with Crippen LogP contribution in [0, 0.1) is 6.92 Å². The van der Waals surface area contributed by atoms with Crippen molar-refractivity contribution in [2.45, 2.75) is 39.2 Å². The molecule has 1 aliphatic rings. The number of aryl methyl sites for hydroxylation is 1. The van der Waals surface area contributed by atoms with Crippen molar-refractivity contribution in [2.24, 2.45) is 0 Å². The van der Waals surface area contributed by atoms with Crippen molar-refractivity contribution in [1.29, 1.82) is 0 Å². The average molecular weight is 295 g/mol. The number of halogens is 1. The Morgan fingerprint density at radius 3 is 2.75 bits per heavy atom. The summed E-state index contributed by atoms with van der Waals surface area (Å²) >= 11 is 6.04. The minimum atomic E-state index is -0.859. The number of hydrogen-bond acceptors (Lipinski definition) is 2. The van der Waals surface area contributed by atoms with E-state index >= 15 is 0 Å². The monoisotopic (exact) mass is 294 g/mol. The van der Waals surface area contributed by atoms with Gasteiger partial charge in [0.1, 0.15) is 5.54 Å². The fourth-order valence-electron chi connectivity index (χ4n) is 2.38. The van der Waals surface area contributed by atoms with Crippen molar-refractivity contribution in [1.82, 2.24) is 5.32 Å². The fraction of sp³-hybridized carbons (Fsp3) is 0.467. The molecule has 0 bridgehead atoms. The molecular weight excluding hydrogens is 276 g/mol. The van der Waals surface area contributed by atoms with Gasteiger partial charge in [0.05, 0.1) is 0 Å². The third-order valence-electron chi connectivity index (χ3n) is 3.86. The lowest BCUT2D eigenvalue weighted by molar-refractivity contribution is -0.129. The summed E-state index contributed by atoms with van der Waals surface area (Å²) in [6, 6.07) is 5.46. The Morgan fingerprint density at radius 2 is 2.10 bits per heavy atom. The van der Waals surface area contributed by atoms with Crippen molar-refractivity contribution in [2.75, 3.05) is 11.4 Å². The van der Waals surface area contributed by atoms with Crippen LogP contribution in [0.1, 0.15) is 32.3 Å². The number of benzene rings is 1. The predicted octanol–water partition coefficient (Wildman–Crippen LogP) is 2.67. The van der Waals surface area contributed by atoms with Crippen LogP contribution in [-0.4, -0.2) is 23.9 Å². The number of anilines is 1. The van der Waals surface area contributed by atoms with E-state index in [-0.39, 0.29) is 11.8 Å². The summed E-state index contributed by atoms with van der Waals surface area (Å²) in [7, 11) is 0. The van der Waals surface area contributed by atoms with E-state index in [1.165, 1.54) is 0 Å². The first-order valence-corrected chi connectivity index (χ1v) is 7.14. The van der Waals surface area contributed by atoms with Gasteiger partial charge in [0, 0.05) is 23.7 Å². The number of carbonyl (C=O) groups excluding carboxylic acids is 2. The standard InChI is InChI=1S/C15H19ClN2O2/c1-4-15(3)14(20)18(8-7-13(19)17-15)12-9-11(16)6-5-10(12)2/h5-6,9H,4,7-8H2,1-3H3,(H,17,19). The molecule has 2 amide bonds. The van der Waals surface area contributed by atoms with E-state index < -0.39 is 5.54 Å². The third-order valence-corrected chi connectivity index (χ3v) is 4.10. The molecule has 4 nitrogen and oxygen atoms in total. The van der Waals surface area contributed by atoms with Crippen LogP contribution < -0.4 is 10.2 Å². The minimum Gasteiger partial charge on any atom is -0.342 e. The summed E-state index contributed by atoms with van der Waals surface area (Å²) in [5.41, 5.74) is 0.886. The summed E-state index contributed by atoms with van der Waals surface area (Å²) in [6.07, 6.45) is 0.848. The van der Waals surface area contributed by atoms with Crippen LogP contribution in [0.15, 0.2) is 18.2 Å². The second-order valence-electron chi connectivity index (χ2n) is 5.37. The topological polar surface area (TPSA) is 49.4 Å². The summed E-state index contributed by atoms with van der Waals surface area (Å²) in [5.74, 6) is -0.180. The van der Waals surface area contributed by atoms with Gasteiger partial charge in [-0.25, -0.2) is 0 Å². The highest BCUT2D eigenvalue weighted by Gasteiger charge is 2.39. The summed E-state index contributed by atoms with van der Waals surface area (Å²) in [4.78, 5) is 26.3. The maximum atomic E-state index is 12.8. The van der Waals surface area contributed by atoms with E-state index in [0.717, 1.165) is 11.3 Å². The van der Waals surface area contributed by atoms with Gasteiger partial charge in [-0.15, -0.1) is 0 Å². The molecule has 108 valence electrons. The highest BCUT2D eigenvalue weighted by atomic mass is 35.5. The van der Waals surface area contributed by atoms with Gasteiger partial charge in [0.2, 0.25) is 5.91 Å². The zero-order chi connectivity index (χ0) is 14.9. The van der Waals surface area contributed by atoms with E-state index in [1.807, 2.05) is 19.9 Å². The smallest absolute Gasteiger partial charge is 0.252 e. The van der Waals surface area contributed by atoms with Gasteiger partial charge in [0.25, 0.3) is 5.91 Å². The number of rotatable bonds is 2. The molecule has 1 atom stereocenters. The maximum absolute atomic E-state index is 12.8. The predicted molar refractivity (Wildman–Crippen MR) is 80.0 cm³/mol. The minimum absolute atomic E-state index is 0.0868. The molecule has 1 aromatic rings. The Bertz CT molecular complexity index is 559. The lowest BCUT2D eigenvalue weighted by Crippen LogP contribution is -2.54. The SMILES string of the molecule is CCC1(C)NC(=O)CCN(c2cc(Cl)ccc2C)C1=O. The molecule has 1 fully saturated rings. The highest BCUT2D eigenvalue weighted by Crippen LogP contribution is 2.28. The summed E-state index contributed by atoms with van der Waals surface area (Å²) in [6.45, 7) is 5.97. The Balaban J connectivity index is 2.46. The van der Waals surface area contributed by atoms with Gasteiger partial charge < -0.3 is 10.2 Å². The molecule has 1 aliphatic heterocycles. The number of nitrogens with zero attached hydrogens (tertiary/aromatic N) is 1. The first-order valence-electron chi connectivity index (χ1n) is 6.76. The lowest BCUT2D eigenvalue weighted by Gasteiger charge is -2.32. The quantitative estimate of drug-likeness (QED) is 0.911. The van der Waals surface area contributed by atoms with E-state index in [2.05, 4.69) is 5.32 Å². The van der Waals surface area contributed by atoms with Crippen molar-refractivity contribution < 1.29 is 9.59 Å². The Kier molecular flexibility index (Phi) is 4.04. The number of amides is 2. The van der Waals surface area contributed by atoms with Crippen LogP contribution in [-0.2, 0) is 9.59 Å². The largest absolute Gasteiger partial charge is 0.342 e. The van der Waals surface area contributed by atoms with Crippen molar-refractivity contribution >= 4 is 29.1 Å². The van der Waals surface area contributed by atoms with E-state index in [1.54, 1.807) is 24.0 Å². The molecule has 0 radical (unpaired) electrons. The van der Waals surface area contributed by atoms with Crippen molar-refractivity contribution in [3.05, 3.63) is 28.8 Å². The normalized spacial score (nSPS) is 23.5. The summed E-state index contributed by atoms with van der Waals surface area (Å²) in [5, 5.41) is 3.41. The van der Waals surface area contributed by atoms with Gasteiger partial charge in [0.15, 0.2) is 0 Å². The van der Waals surface area contributed by atoms with Gasteiger partial charge in [-0.1, -0.05) is 24.6 Å². The van der Waals surface area contributed by atoms with E-state index in [4.69, 9.17) is 11.6 Å². The molecule has 0 aliphatic carbocycles. The first-order chi connectivity index (χ1) is 9.37. The van der Waals surface area contributed by atoms with Crippen LogP contribution in [0.4, 0.5) is 5.69 Å². The van der Waals surface area contributed by atoms with Crippen molar-refractivity contribution in [3.8, 4) is 0 Å². The van der Waals surface area contributed by atoms with Gasteiger partial charge in [-0.2, -0.15) is 0 Å². The molecule has 1 N–H and O–H groups in total. The second kappa shape index (κ2) is 5.44. The summed E-state index contributed by atoms with van der Waals surface area (Å²) < 4.78 is 0. The van der Waals surface area contributed by atoms with Gasteiger partial charge >= 0.3 is 0 Å². The number of carbonyl (C=O) groups is 2. The molecule has 1 unspecified atom stereocenters. The Morgan fingerprint density at radius 1 is 1.40 bits per heavy atom. The molecule has 0 saturated carbocycles. The molecular formula is C15H19ClN2O2. The van der Waals surface area contributed by atoms with Crippen LogP contribution in [0.5, 0.6) is 0 Å². The third kappa shape index (κ3) is 2.66. The highest BCUT2D eigenvalue weighted by molar-refractivity contribution is 6.31. The van der Waals surface area contributed by atoms with Crippen LogP contribution >= 0.6 is 11.6 Å². The van der Waals surface area contributed by atoms with Crippen LogP contribution in [0.25, 0.3) is 0 Å². The Hall–Kier alpha value is -1.55. The van der Waals surface area contributed by atoms with Crippen molar-refractivity contribution in [3.63, 3.8) is 0 Å². The Labute approximate surface area is 124 Å². The zero-order valence-electron chi connectivity index (χ0n) is 12.0. The molecule has 1 heterocycles. The van der Waals surface area contributed by atoms with Gasteiger partial charge in [-0.3, -0.25) is 9.59 Å². The number of nitrogens with one attached hydrogen (secondary N) is 1. The number of hydrogen-bond donors (Lipinski definition) is 1. The van der Waals surface area contributed by atoms with Crippen LogP contribution in [0.2, 0.25) is 5.02 Å². The zero-order valence-corrected chi connectivity index (χ0v) is 12.8. The van der Waals surface area contributed by atoms with Gasteiger partial charge in [-0.05, 0) is 38.0 Å². The van der Waals surface area contributed by atoms with Crippen LogP contribution in [0.3, 0.4) is 0 Å².